The van der Waals surface area contributed by atoms with Gasteiger partial charge in [-0.2, -0.15) is 11.8 Å². The van der Waals surface area contributed by atoms with Crippen LogP contribution < -0.4 is 5.73 Å². The number of thioether (sulfide) groups is 1. The SMILES string of the molecule is I.NC(=NCc1c(O)ccc2c1CCCC2)N1CCSCC1. The molecular weight excluding hydrogens is 409 g/mol. The molecule has 1 fully saturated rings. The summed E-state index contributed by atoms with van der Waals surface area (Å²) in [6.45, 7) is 2.43. The number of phenols is 1. The van der Waals surface area contributed by atoms with Crippen molar-refractivity contribution in [3.63, 3.8) is 0 Å². The van der Waals surface area contributed by atoms with E-state index in [1.807, 2.05) is 17.8 Å². The van der Waals surface area contributed by atoms with E-state index in [-0.39, 0.29) is 24.0 Å². The van der Waals surface area contributed by atoms with Crippen molar-refractivity contribution >= 4 is 41.7 Å². The number of nitrogens with two attached hydrogens (primary N) is 1. The molecule has 122 valence electrons. The number of hydrogen-bond acceptors (Lipinski definition) is 3. The topological polar surface area (TPSA) is 61.9 Å². The number of aryl methyl sites for hydroxylation is 1. The Hall–Kier alpha value is -0.630. The van der Waals surface area contributed by atoms with Crippen LogP contribution in [0.4, 0.5) is 0 Å². The highest BCUT2D eigenvalue weighted by atomic mass is 127. The van der Waals surface area contributed by atoms with E-state index < -0.39 is 0 Å². The largest absolute Gasteiger partial charge is 0.508 e. The van der Waals surface area contributed by atoms with Crippen molar-refractivity contribution in [1.29, 1.82) is 0 Å². The molecule has 1 aromatic rings. The maximum absolute atomic E-state index is 10.2. The number of fused-ring (bicyclic) bond motifs is 1. The van der Waals surface area contributed by atoms with Crippen molar-refractivity contribution in [2.45, 2.75) is 32.2 Å². The van der Waals surface area contributed by atoms with Crippen LogP contribution in [0.1, 0.15) is 29.5 Å². The van der Waals surface area contributed by atoms with Gasteiger partial charge < -0.3 is 15.7 Å². The average Bonchev–Trinajstić information content (AvgIpc) is 2.54. The number of phenolic OH excluding ortho intramolecular Hbond substituents is 1. The van der Waals surface area contributed by atoms with Gasteiger partial charge in [0.05, 0.1) is 6.54 Å². The van der Waals surface area contributed by atoms with Gasteiger partial charge in [0.25, 0.3) is 0 Å². The van der Waals surface area contributed by atoms with E-state index in [0.29, 0.717) is 18.3 Å². The first-order valence-electron chi connectivity index (χ1n) is 7.71. The minimum atomic E-state index is 0. The third-order valence-corrected chi connectivity index (χ3v) is 5.30. The molecule has 22 heavy (non-hydrogen) atoms. The van der Waals surface area contributed by atoms with Crippen molar-refractivity contribution in [3.8, 4) is 5.75 Å². The predicted molar refractivity (Wildman–Crippen MR) is 104 cm³/mol. The smallest absolute Gasteiger partial charge is 0.191 e. The summed E-state index contributed by atoms with van der Waals surface area (Å²) in [6, 6.07) is 3.87. The molecule has 1 aromatic carbocycles. The number of aromatic hydroxyl groups is 1. The second-order valence-corrected chi connectivity index (χ2v) is 6.91. The fourth-order valence-corrected chi connectivity index (χ4v) is 4.02. The lowest BCUT2D eigenvalue weighted by molar-refractivity contribution is 0.453. The van der Waals surface area contributed by atoms with Gasteiger partial charge in [0, 0.05) is 30.2 Å². The van der Waals surface area contributed by atoms with Gasteiger partial charge in [-0.05, 0) is 42.9 Å². The molecule has 0 unspecified atom stereocenters. The summed E-state index contributed by atoms with van der Waals surface area (Å²) < 4.78 is 0. The number of benzene rings is 1. The Labute approximate surface area is 153 Å². The van der Waals surface area contributed by atoms with Gasteiger partial charge in [-0.15, -0.1) is 24.0 Å². The summed E-state index contributed by atoms with van der Waals surface area (Å²) >= 11 is 1.96. The summed E-state index contributed by atoms with van der Waals surface area (Å²) in [4.78, 5) is 6.68. The van der Waals surface area contributed by atoms with E-state index >= 15 is 0 Å². The van der Waals surface area contributed by atoms with Crippen LogP contribution in [-0.4, -0.2) is 40.6 Å². The Bertz CT molecular complexity index is 544. The molecule has 2 aliphatic rings. The highest BCUT2D eigenvalue weighted by molar-refractivity contribution is 14.0. The van der Waals surface area contributed by atoms with Gasteiger partial charge in [0.1, 0.15) is 5.75 Å². The molecule has 1 aliphatic carbocycles. The molecule has 0 spiro atoms. The second-order valence-electron chi connectivity index (χ2n) is 5.68. The Morgan fingerprint density at radius 3 is 2.73 bits per heavy atom. The van der Waals surface area contributed by atoms with Crippen LogP contribution >= 0.6 is 35.7 Å². The monoisotopic (exact) mass is 433 g/mol. The summed E-state index contributed by atoms with van der Waals surface area (Å²) in [5.41, 5.74) is 9.75. The lowest BCUT2D eigenvalue weighted by Gasteiger charge is -2.27. The van der Waals surface area contributed by atoms with E-state index in [1.165, 1.54) is 24.0 Å². The molecule has 3 rings (SSSR count). The van der Waals surface area contributed by atoms with Crippen LogP contribution in [0.25, 0.3) is 0 Å². The van der Waals surface area contributed by atoms with Crippen LogP contribution in [0.15, 0.2) is 17.1 Å². The third kappa shape index (κ3) is 4.01. The normalized spacial score (nSPS) is 18.5. The zero-order chi connectivity index (χ0) is 14.7. The molecule has 4 nitrogen and oxygen atoms in total. The number of aliphatic imine (C=N–C) groups is 1. The minimum Gasteiger partial charge on any atom is -0.508 e. The van der Waals surface area contributed by atoms with Gasteiger partial charge >= 0.3 is 0 Å². The van der Waals surface area contributed by atoms with Crippen LogP contribution in [0, 0.1) is 0 Å². The molecule has 1 heterocycles. The second kappa shape index (κ2) is 8.29. The van der Waals surface area contributed by atoms with Gasteiger partial charge in [-0.25, -0.2) is 4.99 Å². The Kier molecular flexibility index (Phi) is 6.67. The molecule has 0 aromatic heterocycles. The molecule has 0 bridgehead atoms. The quantitative estimate of drug-likeness (QED) is 0.428. The highest BCUT2D eigenvalue weighted by Gasteiger charge is 2.17. The number of nitrogens with zero attached hydrogens (tertiary/aromatic N) is 2. The fraction of sp³-hybridized carbons (Fsp3) is 0.562. The highest BCUT2D eigenvalue weighted by Crippen LogP contribution is 2.31. The Morgan fingerprint density at radius 2 is 1.95 bits per heavy atom. The maximum atomic E-state index is 10.2. The Morgan fingerprint density at radius 1 is 1.23 bits per heavy atom. The predicted octanol–water partition coefficient (Wildman–Crippen LogP) is 2.75. The van der Waals surface area contributed by atoms with E-state index in [4.69, 9.17) is 5.73 Å². The molecule has 0 radical (unpaired) electrons. The lowest BCUT2D eigenvalue weighted by Crippen LogP contribution is -2.42. The first-order valence-corrected chi connectivity index (χ1v) is 8.86. The van der Waals surface area contributed by atoms with Crippen molar-refractivity contribution in [3.05, 3.63) is 28.8 Å². The third-order valence-electron chi connectivity index (χ3n) is 4.36. The molecule has 0 atom stereocenters. The van der Waals surface area contributed by atoms with E-state index in [1.54, 1.807) is 0 Å². The van der Waals surface area contributed by atoms with E-state index in [2.05, 4.69) is 16.0 Å². The Balaban J connectivity index is 0.00000176. The number of guanidine groups is 1. The number of halogens is 1. The lowest BCUT2D eigenvalue weighted by atomic mass is 9.88. The molecule has 0 amide bonds. The molecule has 6 heteroatoms. The summed E-state index contributed by atoms with van der Waals surface area (Å²) in [5, 5.41) is 10.2. The number of rotatable bonds is 2. The van der Waals surface area contributed by atoms with Crippen LogP contribution in [0.3, 0.4) is 0 Å². The van der Waals surface area contributed by atoms with E-state index in [9.17, 15) is 5.11 Å². The standard InChI is InChI=1S/C16H23N3OS.HI/c17-16(19-7-9-21-10-8-19)18-11-14-13-4-2-1-3-12(13)5-6-15(14)20;/h5-6,20H,1-4,7-11H2,(H2,17,18);1H. The summed E-state index contributed by atoms with van der Waals surface area (Å²) in [6.07, 6.45) is 4.61. The summed E-state index contributed by atoms with van der Waals surface area (Å²) in [7, 11) is 0. The van der Waals surface area contributed by atoms with Crippen LogP contribution in [0.2, 0.25) is 0 Å². The van der Waals surface area contributed by atoms with Crippen molar-refractivity contribution in [1.82, 2.24) is 4.90 Å². The zero-order valence-electron chi connectivity index (χ0n) is 12.8. The van der Waals surface area contributed by atoms with Gasteiger partial charge in [-0.1, -0.05) is 6.07 Å². The van der Waals surface area contributed by atoms with Crippen molar-refractivity contribution in [2.24, 2.45) is 10.7 Å². The molecule has 1 aliphatic heterocycles. The first kappa shape index (κ1) is 17.7. The van der Waals surface area contributed by atoms with Crippen LogP contribution in [-0.2, 0) is 19.4 Å². The molecule has 0 saturated carbocycles. The van der Waals surface area contributed by atoms with E-state index in [0.717, 1.165) is 43.0 Å². The number of hydrogen-bond donors (Lipinski definition) is 2. The molecule has 3 N–H and O–H groups in total. The summed E-state index contributed by atoms with van der Waals surface area (Å²) in [5.74, 6) is 3.20. The van der Waals surface area contributed by atoms with Gasteiger partial charge in [0.2, 0.25) is 0 Å². The van der Waals surface area contributed by atoms with Crippen molar-refractivity contribution in [2.75, 3.05) is 24.6 Å². The molecule has 1 saturated heterocycles. The zero-order valence-corrected chi connectivity index (χ0v) is 15.9. The van der Waals surface area contributed by atoms with Gasteiger partial charge in [-0.3, -0.25) is 0 Å². The average molecular weight is 433 g/mol. The first-order chi connectivity index (χ1) is 10.3. The fourth-order valence-electron chi connectivity index (χ4n) is 3.12. The molecular formula is C16H24IN3OS. The maximum Gasteiger partial charge on any atom is 0.191 e. The van der Waals surface area contributed by atoms with Gasteiger partial charge in [0.15, 0.2) is 5.96 Å². The van der Waals surface area contributed by atoms with Crippen molar-refractivity contribution < 1.29 is 5.11 Å². The minimum absolute atomic E-state index is 0. The van der Waals surface area contributed by atoms with Crippen LogP contribution in [0.5, 0.6) is 5.75 Å².